The minimum atomic E-state index is -0.180. The van der Waals surface area contributed by atoms with E-state index in [9.17, 15) is 9.59 Å². The van der Waals surface area contributed by atoms with Crippen LogP contribution in [0.15, 0.2) is 47.3 Å². The van der Waals surface area contributed by atoms with Crippen LogP contribution in [0.2, 0.25) is 0 Å². The molecule has 1 fully saturated rings. The van der Waals surface area contributed by atoms with E-state index in [1.807, 2.05) is 18.2 Å². The molecule has 1 N–H and O–H groups in total. The first kappa shape index (κ1) is 21.2. The molecule has 1 amide bonds. The van der Waals surface area contributed by atoms with Gasteiger partial charge >= 0.3 is 0 Å². The lowest BCUT2D eigenvalue weighted by Gasteiger charge is -2.25. The fraction of sp³-hybridized carbons (Fsp3) is 0.400. The number of ether oxygens (including phenoxy) is 1. The molecule has 31 heavy (non-hydrogen) atoms. The SMILES string of the molecule is Cc1ccc(CCC(=O)N(Cc2nc3ccccc3c(=O)[nH]2)CC2CCCO2)c(C)c1. The van der Waals surface area contributed by atoms with Crippen molar-refractivity contribution in [3.05, 3.63) is 75.3 Å². The maximum atomic E-state index is 13.2. The average molecular weight is 420 g/mol. The molecule has 1 aliphatic heterocycles. The largest absolute Gasteiger partial charge is 0.376 e. The highest BCUT2D eigenvalue weighted by Gasteiger charge is 2.23. The van der Waals surface area contributed by atoms with Crippen molar-refractivity contribution in [2.45, 2.75) is 52.2 Å². The van der Waals surface area contributed by atoms with Crippen LogP contribution >= 0.6 is 0 Å². The quantitative estimate of drug-likeness (QED) is 0.634. The van der Waals surface area contributed by atoms with Crippen LogP contribution in [0.5, 0.6) is 0 Å². The van der Waals surface area contributed by atoms with Gasteiger partial charge in [0, 0.05) is 19.6 Å². The zero-order valence-electron chi connectivity index (χ0n) is 18.2. The number of aromatic amines is 1. The van der Waals surface area contributed by atoms with Crippen molar-refractivity contribution in [2.24, 2.45) is 0 Å². The van der Waals surface area contributed by atoms with Crippen LogP contribution in [0.3, 0.4) is 0 Å². The number of para-hydroxylation sites is 1. The van der Waals surface area contributed by atoms with Crippen LogP contribution in [0.25, 0.3) is 10.9 Å². The number of benzene rings is 2. The summed E-state index contributed by atoms with van der Waals surface area (Å²) in [5.41, 5.74) is 4.08. The lowest BCUT2D eigenvalue weighted by Crippen LogP contribution is -2.38. The topological polar surface area (TPSA) is 75.3 Å². The zero-order valence-corrected chi connectivity index (χ0v) is 18.2. The van der Waals surface area contributed by atoms with E-state index in [-0.39, 0.29) is 24.1 Å². The number of H-pyrrole nitrogens is 1. The highest BCUT2D eigenvalue weighted by Crippen LogP contribution is 2.18. The summed E-state index contributed by atoms with van der Waals surface area (Å²) in [6.45, 7) is 5.68. The first-order valence-electron chi connectivity index (χ1n) is 10.9. The Morgan fingerprint density at radius 3 is 2.84 bits per heavy atom. The van der Waals surface area contributed by atoms with Crippen LogP contribution in [-0.2, 0) is 22.5 Å². The second-order valence-electron chi connectivity index (χ2n) is 8.37. The molecule has 0 bridgehead atoms. The molecule has 0 radical (unpaired) electrons. The van der Waals surface area contributed by atoms with E-state index >= 15 is 0 Å². The molecule has 0 saturated carbocycles. The fourth-order valence-electron chi connectivity index (χ4n) is 4.21. The smallest absolute Gasteiger partial charge is 0.258 e. The van der Waals surface area contributed by atoms with Crippen molar-refractivity contribution in [1.82, 2.24) is 14.9 Å². The maximum Gasteiger partial charge on any atom is 0.258 e. The molecule has 2 aromatic carbocycles. The molecule has 162 valence electrons. The first-order valence-corrected chi connectivity index (χ1v) is 10.9. The van der Waals surface area contributed by atoms with E-state index in [4.69, 9.17) is 4.74 Å². The lowest BCUT2D eigenvalue weighted by atomic mass is 10.0. The molecule has 6 nitrogen and oxygen atoms in total. The summed E-state index contributed by atoms with van der Waals surface area (Å²) in [6, 6.07) is 13.6. The summed E-state index contributed by atoms with van der Waals surface area (Å²) >= 11 is 0. The molecule has 0 spiro atoms. The third kappa shape index (κ3) is 5.20. The normalized spacial score (nSPS) is 16.0. The highest BCUT2D eigenvalue weighted by atomic mass is 16.5. The molecule has 2 heterocycles. The second-order valence-corrected chi connectivity index (χ2v) is 8.37. The van der Waals surface area contributed by atoms with Gasteiger partial charge in [0.1, 0.15) is 5.82 Å². The van der Waals surface area contributed by atoms with Gasteiger partial charge in [-0.3, -0.25) is 9.59 Å². The first-order chi connectivity index (χ1) is 15.0. The molecule has 1 aromatic heterocycles. The van der Waals surface area contributed by atoms with E-state index in [0.29, 0.717) is 36.1 Å². The number of nitrogens with one attached hydrogen (secondary N) is 1. The number of aryl methyl sites for hydroxylation is 3. The fourth-order valence-corrected chi connectivity index (χ4v) is 4.21. The summed E-state index contributed by atoms with van der Waals surface area (Å²) in [4.78, 5) is 34.9. The van der Waals surface area contributed by atoms with Crippen molar-refractivity contribution in [3.8, 4) is 0 Å². The van der Waals surface area contributed by atoms with Gasteiger partial charge in [0.25, 0.3) is 5.56 Å². The van der Waals surface area contributed by atoms with Gasteiger partial charge in [-0.2, -0.15) is 0 Å². The average Bonchev–Trinajstić information content (AvgIpc) is 3.26. The molecular formula is C25H29N3O3. The lowest BCUT2D eigenvalue weighted by molar-refractivity contribution is -0.133. The molecule has 1 aliphatic rings. The monoisotopic (exact) mass is 419 g/mol. The van der Waals surface area contributed by atoms with Gasteiger partial charge in [-0.05, 0) is 56.4 Å². The summed E-state index contributed by atoms with van der Waals surface area (Å²) in [5, 5.41) is 0.554. The molecule has 0 aliphatic carbocycles. The Balaban J connectivity index is 1.52. The number of hydrogen-bond donors (Lipinski definition) is 1. The van der Waals surface area contributed by atoms with Gasteiger partial charge in [-0.25, -0.2) is 4.98 Å². The van der Waals surface area contributed by atoms with E-state index in [2.05, 4.69) is 42.0 Å². The van der Waals surface area contributed by atoms with Crippen molar-refractivity contribution in [1.29, 1.82) is 0 Å². The predicted molar refractivity (Wildman–Crippen MR) is 121 cm³/mol. The minimum absolute atomic E-state index is 0.0391. The van der Waals surface area contributed by atoms with Crippen LogP contribution in [0, 0.1) is 13.8 Å². The Morgan fingerprint density at radius 2 is 2.06 bits per heavy atom. The molecular weight excluding hydrogens is 390 g/mol. The van der Waals surface area contributed by atoms with Crippen molar-refractivity contribution < 1.29 is 9.53 Å². The van der Waals surface area contributed by atoms with Gasteiger partial charge in [-0.15, -0.1) is 0 Å². The molecule has 1 atom stereocenters. The Morgan fingerprint density at radius 1 is 1.23 bits per heavy atom. The van der Waals surface area contributed by atoms with Crippen molar-refractivity contribution in [3.63, 3.8) is 0 Å². The third-order valence-corrected chi connectivity index (χ3v) is 5.91. The predicted octanol–water partition coefficient (Wildman–Crippen LogP) is 3.68. The van der Waals surface area contributed by atoms with Crippen LogP contribution in [-0.4, -0.2) is 40.0 Å². The van der Waals surface area contributed by atoms with Crippen LogP contribution < -0.4 is 5.56 Å². The van der Waals surface area contributed by atoms with Crippen molar-refractivity contribution >= 4 is 16.8 Å². The second kappa shape index (κ2) is 9.43. The number of hydrogen-bond acceptors (Lipinski definition) is 4. The summed E-state index contributed by atoms with van der Waals surface area (Å²) in [7, 11) is 0. The van der Waals surface area contributed by atoms with Crippen LogP contribution in [0.1, 0.15) is 41.8 Å². The van der Waals surface area contributed by atoms with Gasteiger partial charge in [0.2, 0.25) is 5.91 Å². The van der Waals surface area contributed by atoms with E-state index < -0.39 is 0 Å². The Kier molecular flexibility index (Phi) is 6.47. The zero-order chi connectivity index (χ0) is 21.8. The molecule has 1 saturated heterocycles. The summed E-state index contributed by atoms with van der Waals surface area (Å²) in [5.74, 6) is 0.549. The van der Waals surface area contributed by atoms with E-state index in [0.717, 1.165) is 19.4 Å². The van der Waals surface area contributed by atoms with Crippen molar-refractivity contribution in [2.75, 3.05) is 13.2 Å². The van der Waals surface area contributed by atoms with Gasteiger partial charge in [0.05, 0.1) is 23.6 Å². The molecule has 3 aromatic rings. The number of fused-ring (bicyclic) bond motifs is 1. The Hall–Kier alpha value is -2.99. The number of carbonyl (C=O) groups excluding carboxylic acids is 1. The number of amides is 1. The van der Waals surface area contributed by atoms with Gasteiger partial charge in [-0.1, -0.05) is 35.9 Å². The maximum absolute atomic E-state index is 13.2. The minimum Gasteiger partial charge on any atom is -0.376 e. The number of rotatable bonds is 7. The van der Waals surface area contributed by atoms with Gasteiger partial charge in [0.15, 0.2) is 0 Å². The molecule has 1 unspecified atom stereocenters. The molecule has 6 heteroatoms. The summed E-state index contributed by atoms with van der Waals surface area (Å²) in [6.07, 6.45) is 3.10. The Labute approximate surface area is 182 Å². The summed E-state index contributed by atoms with van der Waals surface area (Å²) < 4.78 is 5.77. The molecule has 4 rings (SSSR count). The number of aromatic nitrogens is 2. The Bertz CT molecular complexity index is 1130. The van der Waals surface area contributed by atoms with Gasteiger partial charge < -0.3 is 14.6 Å². The van der Waals surface area contributed by atoms with Crippen LogP contribution in [0.4, 0.5) is 0 Å². The highest BCUT2D eigenvalue weighted by molar-refractivity contribution is 5.78. The van der Waals surface area contributed by atoms with E-state index in [1.54, 1.807) is 11.0 Å². The third-order valence-electron chi connectivity index (χ3n) is 5.91. The van der Waals surface area contributed by atoms with E-state index in [1.165, 1.54) is 16.7 Å². The number of carbonyl (C=O) groups is 1. The standard InChI is InChI=1S/C25H29N3O3/c1-17-9-10-19(18(2)14-17)11-12-24(29)28(15-20-6-5-13-31-20)16-23-26-22-8-4-3-7-21(22)25(30)27-23/h3-4,7-10,14,20H,5-6,11-13,15-16H2,1-2H3,(H,26,27,30). The number of nitrogens with zero attached hydrogens (tertiary/aromatic N) is 2.